The normalized spacial score (nSPS) is 10.4. The van der Waals surface area contributed by atoms with Crippen molar-refractivity contribution < 1.29 is 27.5 Å². The molecular weight excluding hydrogens is 290 g/mol. The molecule has 1 aromatic carbocycles. The highest BCUT2D eigenvalue weighted by molar-refractivity contribution is 7.90. The summed E-state index contributed by atoms with van der Waals surface area (Å²) in [6.45, 7) is 0. The molecule has 9 nitrogen and oxygen atoms in total. The molecule has 0 radical (unpaired) electrons. The lowest BCUT2D eigenvalue weighted by atomic mass is 10.3. The quantitative estimate of drug-likeness (QED) is 0.620. The largest absolute Gasteiger partial charge is 0.453 e. The molecule has 0 spiro atoms. The summed E-state index contributed by atoms with van der Waals surface area (Å²) >= 11 is 0. The Hall–Kier alpha value is -2.62. The SMILES string of the molecule is COC(=O)Nc1ccc(S(=O)(=O)NC(=O)C(N)=O)cc1. The van der Waals surface area contributed by atoms with Crippen LogP contribution in [-0.2, 0) is 24.3 Å². The van der Waals surface area contributed by atoms with Crippen molar-refractivity contribution in [2.75, 3.05) is 12.4 Å². The van der Waals surface area contributed by atoms with Crippen LogP contribution in [0.2, 0.25) is 0 Å². The number of anilines is 1. The van der Waals surface area contributed by atoms with Crippen LogP contribution in [-0.4, -0.2) is 33.4 Å². The van der Waals surface area contributed by atoms with Gasteiger partial charge in [-0.2, -0.15) is 0 Å². The molecule has 0 aliphatic heterocycles. The maximum Gasteiger partial charge on any atom is 0.411 e. The number of benzene rings is 1. The molecule has 108 valence electrons. The minimum Gasteiger partial charge on any atom is -0.453 e. The van der Waals surface area contributed by atoms with E-state index in [1.807, 2.05) is 0 Å². The Morgan fingerprint density at radius 1 is 1.15 bits per heavy atom. The zero-order valence-corrected chi connectivity index (χ0v) is 11.1. The number of nitrogens with one attached hydrogen (secondary N) is 2. The number of sulfonamides is 1. The highest BCUT2D eigenvalue weighted by Gasteiger charge is 2.20. The van der Waals surface area contributed by atoms with Gasteiger partial charge in [-0.3, -0.25) is 14.9 Å². The number of methoxy groups -OCH3 is 1. The number of carbonyl (C=O) groups excluding carboxylic acids is 3. The van der Waals surface area contributed by atoms with Crippen LogP contribution in [0.4, 0.5) is 10.5 Å². The van der Waals surface area contributed by atoms with Crippen molar-refractivity contribution in [1.82, 2.24) is 4.72 Å². The van der Waals surface area contributed by atoms with Gasteiger partial charge in [0, 0.05) is 5.69 Å². The lowest BCUT2D eigenvalue weighted by Gasteiger charge is -2.07. The summed E-state index contributed by atoms with van der Waals surface area (Å²) in [5, 5.41) is 2.31. The fourth-order valence-electron chi connectivity index (χ4n) is 1.12. The van der Waals surface area contributed by atoms with Crippen molar-refractivity contribution in [3.8, 4) is 0 Å². The third-order valence-electron chi connectivity index (χ3n) is 2.05. The third kappa shape index (κ3) is 3.95. The van der Waals surface area contributed by atoms with Crippen molar-refractivity contribution in [2.45, 2.75) is 4.90 Å². The highest BCUT2D eigenvalue weighted by Crippen LogP contribution is 2.14. The molecule has 0 aliphatic carbocycles. The zero-order valence-electron chi connectivity index (χ0n) is 10.2. The molecule has 1 rings (SSSR count). The number of ether oxygens (including phenoxy) is 1. The Morgan fingerprint density at radius 2 is 1.70 bits per heavy atom. The summed E-state index contributed by atoms with van der Waals surface area (Å²) in [7, 11) is -3.03. The van der Waals surface area contributed by atoms with Crippen LogP contribution in [0.3, 0.4) is 0 Å². The van der Waals surface area contributed by atoms with Crippen LogP contribution in [0, 0.1) is 0 Å². The zero-order chi connectivity index (χ0) is 15.3. The van der Waals surface area contributed by atoms with Crippen molar-refractivity contribution in [1.29, 1.82) is 0 Å². The van der Waals surface area contributed by atoms with E-state index in [0.29, 0.717) is 0 Å². The van der Waals surface area contributed by atoms with Gasteiger partial charge >= 0.3 is 17.9 Å². The van der Waals surface area contributed by atoms with Gasteiger partial charge in [0.2, 0.25) is 0 Å². The maximum atomic E-state index is 11.7. The number of hydrogen-bond acceptors (Lipinski definition) is 6. The maximum absolute atomic E-state index is 11.7. The van der Waals surface area contributed by atoms with Gasteiger partial charge in [-0.05, 0) is 24.3 Å². The van der Waals surface area contributed by atoms with Crippen molar-refractivity contribution in [3.63, 3.8) is 0 Å². The molecule has 4 N–H and O–H groups in total. The second-order valence-corrected chi connectivity index (χ2v) is 5.12. The standard InChI is InChI=1S/C10H11N3O6S/c1-19-10(16)12-6-2-4-7(5-3-6)20(17,18)13-9(15)8(11)14/h2-5H,1H3,(H2,11,14)(H,12,16)(H,13,15). The van der Waals surface area contributed by atoms with Crippen LogP contribution in [0.25, 0.3) is 0 Å². The molecule has 0 aliphatic rings. The molecule has 1 aromatic rings. The number of nitrogens with two attached hydrogens (primary N) is 1. The van der Waals surface area contributed by atoms with E-state index in [2.05, 4.69) is 15.8 Å². The van der Waals surface area contributed by atoms with Gasteiger partial charge < -0.3 is 10.5 Å². The fraction of sp³-hybridized carbons (Fsp3) is 0.100. The Balaban J connectivity index is 2.90. The summed E-state index contributed by atoms with van der Waals surface area (Å²) in [4.78, 5) is 32.1. The lowest BCUT2D eigenvalue weighted by molar-refractivity contribution is -0.136. The average Bonchev–Trinajstić information content (AvgIpc) is 2.38. The van der Waals surface area contributed by atoms with E-state index in [1.165, 1.54) is 24.0 Å². The minimum atomic E-state index is -4.20. The first-order valence-corrected chi connectivity index (χ1v) is 6.56. The van der Waals surface area contributed by atoms with E-state index in [9.17, 15) is 22.8 Å². The molecule has 10 heteroatoms. The molecule has 0 saturated carbocycles. The molecule has 0 heterocycles. The van der Waals surface area contributed by atoms with E-state index >= 15 is 0 Å². The van der Waals surface area contributed by atoms with E-state index in [0.717, 1.165) is 12.1 Å². The molecular formula is C10H11N3O6S. The number of carbonyl (C=O) groups is 3. The Labute approximate surface area is 114 Å². The Kier molecular flexibility index (Phi) is 4.64. The monoisotopic (exact) mass is 301 g/mol. The van der Waals surface area contributed by atoms with Crippen molar-refractivity contribution in [3.05, 3.63) is 24.3 Å². The van der Waals surface area contributed by atoms with Crippen LogP contribution >= 0.6 is 0 Å². The van der Waals surface area contributed by atoms with Crippen LogP contribution in [0.1, 0.15) is 0 Å². The van der Waals surface area contributed by atoms with Gasteiger partial charge in [0.05, 0.1) is 12.0 Å². The van der Waals surface area contributed by atoms with Crippen LogP contribution in [0.15, 0.2) is 29.2 Å². The Bertz CT molecular complexity index is 637. The van der Waals surface area contributed by atoms with Gasteiger partial charge in [0.15, 0.2) is 0 Å². The molecule has 0 bridgehead atoms. The molecule has 0 atom stereocenters. The smallest absolute Gasteiger partial charge is 0.411 e. The molecule has 3 amide bonds. The second kappa shape index (κ2) is 6.02. The van der Waals surface area contributed by atoms with E-state index in [-0.39, 0.29) is 10.6 Å². The van der Waals surface area contributed by atoms with Gasteiger partial charge in [-0.15, -0.1) is 0 Å². The molecule has 0 unspecified atom stereocenters. The van der Waals surface area contributed by atoms with Gasteiger partial charge in [-0.1, -0.05) is 0 Å². The summed E-state index contributed by atoms with van der Waals surface area (Å²) in [5.74, 6) is -2.86. The van der Waals surface area contributed by atoms with E-state index in [4.69, 9.17) is 0 Å². The number of rotatable bonds is 3. The fourth-order valence-corrected chi connectivity index (χ4v) is 2.07. The first kappa shape index (κ1) is 15.4. The molecule has 20 heavy (non-hydrogen) atoms. The third-order valence-corrected chi connectivity index (χ3v) is 3.39. The topological polar surface area (TPSA) is 145 Å². The summed E-state index contributed by atoms with van der Waals surface area (Å²) < 4.78 is 29.2. The van der Waals surface area contributed by atoms with Crippen LogP contribution < -0.4 is 15.8 Å². The summed E-state index contributed by atoms with van der Waals surface area (Å²) in [6, 6.07) is 4.81. The number of hydrogen-bond donors (Lipinski definition) is 3. The van der Waals surface area contributed by atoms with Crippen molar-refractivity contribution in [2.24, 2.45) is 5.73 Å². The second-order valence-electron chi connectivity index (χ2n) is 3.44. The predicted molar refractivity (Wildman–Crippen MR) is 67.0 cm³/mol. The summed E-state index contributed by atoms with van der Waals surface area (Å²) in [6.07, 6.45) is -0.720. The molecule has 0 aromatic heterocycles. The van der Waals surface area contributed by atoms with Crippen LogP contribution in [0.5, 0.6) is 0 Å². The average molecular weight is 301 g/mol. The minimum absolute atomic E-state index is 0.275. The molecule has 0 fully saturated rings. The Morgan fingerprint density at radius 3 is 2.15 bits per heavy atom. The first-order valence-electron chi connectivity index (χ1n) is 5.08. The lowest BCUT2D eigenvalue weighted by Crippen LogP contribution is -2.39. The van der Waals surface area contributed by atoms with Gasteiger partial charge in [0.25, 0.3) is 10.0 Å². The van der Waals surface area contributed by atoms with Gasteiger partial charge in [0.1, 0.15) is 0 Å². The van der Waals surface area contributed by atoms with E-state index in [1.54, 1.807) is 0 Å². The van der Waals surface area contributed by atoms with E-state index < -0.39 is 27.9 Å². The predicted octanol–water partition coefficient (Wildman–Crippen LogP) is -0.845. The molecule has 0 saturated heterocycles. The highest BCUT2D eigenvalue weighted by atomic mass is 32.2. The van der Waals surface area contributed by atoms with Crippen molar-refractivity contribution >= 4 is 33.6 Å². The number of primary amides is 1. The number of amides is 3. The van der Waals surface area contributed by atoms with Gasteiger partial charge in [-0.25, -0.2) is 17.9 Å². The summed E-state index contributed by atoms with van der Waals surface area (Å²) in [5.41, 5.74) is 4.93. The first-order chi connectivity index (χ1) is 9.26.